The summed E-state index contributed by atoms with van der Waals surface area (Å²) in [5.41, 5.74) is 4.59. The van der Waals surface area contributed by atoms with Gasteiger partial charge < -0.3 is 14.9 Å². The van der Waals surface area contributed by atoms with Crippen LogP contribution in [0.4, 0.5) is 17.6 Å². The lowest BCUT2D eigenvalue weighted by Crippen LogP contribution is -2.58. The SMILES string of the molecule is C[C@@H]1CCCN1CCc1ccc(-c2ccc3c(c2)CCN(C(=O)C(F)(F)C(F)(F)C(=O)O)C3)cc1. The lowest BCUT2D eigenvalue weighted by Gasteiger charge is -2.33. The van der Waals surface area contributed by atoms with Crippen LogP contribution in [0.3, 0.4) is 0 Å². The van der Waals surface area contributed by atoms with Gasteiger partial charge in [0.25, 0.3) is 0 Å². The number of likely N-dealkylation sites (tertiary alicyclic amines) is 1. The van der Waals surface area contributed by atoms with Crippen LogP contribution in [0.5, 0.6) is 0 Å². The summed E-state index contributed by atoms with van der Waals surface area (Å²) in [6.45, 7) is 3.96. The Kier molecular flexibility index (Phi) is 6.90. The monoisotopic (exact) mass is 492 g/mol. The molecule has 188 valence electrons. The fourth-order valence-electron chi connectivity index (χ4n) is 4.83. The molecule has 9 heteroatoms. The molecule has 4 rings (SSSR count). The van der Waals surface area contributed by atoms with Crippen LogP contribution >= 0.6 is 0 Å². The Hall–Kier alpha value is -2.94. The van der Waals surface area contributed by atoms with Crippen LogP contribution in [-0.4, -0.2) is 64.3 Å². The van der Waals surface area contributed by atoms with E-state index in [4.69, 9.17) is 5.11 Å². The van der Waals surface area contributed by atoms with Gasteiger partial charge in [0.1, 0.15) is 0 Å². The second-order valence-electron chi connectivity index (χ2n) is 9.39. The maximum Gasteiger partial charge on any atom is 0.413 e. The zero-order chi connectivity index (χ0) is 25.4. The summed E-state index contributed by atoms with van der Waals surface area (Å²) < 4.78 is 54.8. The van der Waals surface area contributed by atoms with Crippen LogP contribution in [0.15, 0.2) is 42.5 Å². The van der Waals surface area contributed by atoms with Gasteiger partial charge in [-0.05, 0) is 67.0 Å². The number of halogens is 4. The Morgan fingerprint density at radius 3 is 2.29 bits per heavy atom. The van der Waals surface area contributed by atoms with Gasteiger partial charge in [-0.3, -0.25) is 4.79 Å². The summed E-state index contributed by atoms with van der Waals surface area (Å²) in [7, 11) is 0. The number of carboxylic acids is 1. The molecular weight excluding hydrogens is 464 g/mol. The highest BCUT2D eigenvalue weighted by molar-refractivity contribution is 5.92. The Morgan fingerprint density at radius 2 is 1.66 bits per heavy atom. The third-order valence-corrected chi connectivity index (χ3v) is 7.10. The van der Waals surface area contributed by atoms with Crippen LogP contribution in [0.1, 0.15) is 36.5 Å². The summed E-state index contributed by atoms with van der Waals surface area (Å²) in [6.07, 6.45) is 3.68. The molecular formula is C26H28F4N2O3. The second-order valence-corrected chi connectivity index (χ2v) is 9.39. The first-order valence-corrected chi connectivity index (χ1v) is 11.7. The highest BCUT2D eigenvalue weighted by Crippen LogP contribution is 2.37. The van der Waals surface area contributed by atoms with Gasteiger partial charge in [-0.2, -0.15) is 17.6 Å². The Morgan fingerprint density at radius 1 is 0.971 bits per heavy atom. The lowest BCUT2D eigenvalue weighted by molar-refractivity contribution is -0.228. The maximum absolute atomic E-state index is 14.0. The molecule has 1 N–H and O–H groups in total. The van der Waals surface area contributed by atoms with Crippen LogP contribution in [0, 0.1) is 0 Å². The molecule has 35 heavy (non-hydrogen) atoms. The van der Waals surface area contributed by atoms with Gasteiger partial charge >= 0.3 is 23.7 Å². The van der Waals surface area contributed by atoms with Gasteiger partial charge in [0, 0.05) is 25.7 Å². The van der Waals surface area contributed by atoms with Crippen LogP contribution < -0.4 is 0 Å². The fraction of sp³-hybridized carbons (Fsp3) is 0.462. The molecule has 1 saturated heterocycles. The van der Waals surface area contributed by atoms with E-state index in [1.807, 2.05) is 18.2 Å². The molecule has 5 nitrogen and oxygen atoms in total. The summed E-state index contributed by atoms with van der Waals surface area (Å²) >= 11 is 0. The van der Waals surface area contributed by atoms with Crippen molar-refractivity contribution in [1.29, 1.82) is 0 Å². The van der Waals surface area contributed by atoms with Crippen molar-refractivity contribution in [3.05, 3.63) is 59.2 Å². The van der Waals surface area contributed by atoms with E-state index in [1.54, 1.807) is 12.1 Å². The molecule has 2 aliphatic rings. The van der Waals surface area contributed by atoms with Gasteiger partial charge in [0.05, 0.1) is 0 Å². The number of carbonyl (C=O) groups excluding carboxylic acids is 1. The average Bonchev–Trinajstić information content (AvgIpc) is 3.26. The van der Waals surface area contributed by atoms with E-state index in [9.17, 15) is 27.2 Å². The van der Waals surface area contributed by atoms with E-state index in [1.165, 1.54) is 18.4 Å². The number of carbonyl (C=O) groups is 2. The van der Waals surface area contributed by atoms with Crippen molar-refractivity contribution < 1.29 is 32.3 Å². The number of rotatable bonds is 7. The fourth-order valence-corrected chi connectivity index (χ4v) is 4.83. The molecule has 2 heterocycles. The molecule has 1 amide bonds. The number of amides is 1. The minimum absolute atomic E-state index is 0.200. The van der Waals surface area contributed by atoms with Gasteiger partial charge in [-0.15, -0.1) is 0 Å². The number of hydrogen-bond donors (Lipinski definition) is 1. The predicted octanol–water partition coefficient (Wildman–Crippen LogP) is 4.62. The quantitative estimate of drug-likeness (QED) is 0.573. The van der Waals surface area contributed by atoms with Crippen molar-refractivity contribution in [3.8, 4) is 11.1 Å². The van der Waals surface area contributed by atoms with Crippen LogP contribution in [0.25, 0.3) is 11.1 Å². The van der Waals surface area contributed by atoms with E-state index in [0.717, 1.165) is 36.2 Å². The third-order valence-electron chi connectivity index (χ3n) is 7.10. The summed E-state index contributed by atoms with van der Waals surface area (Å²) in [5.74, 6) is -16.0. The molecule has 0 radical (unpaired) electrons. The van der Waals surface area contributed by atoms with E-state index < -0.39 is 23.7 Å². The van der Waals surface area contributed by atoms with Crippen molar-refractivity contribution in [3.63, 3.8) is 0 Å². The molecule has 2 aromatic rings. The molecule has 1 fully saturated rings. The Labute approximate surface area is 201 Å². The average molecular weight is 493 g/mol. The summed E-state index contributed by atoms with van der Waals surface area (Å²) in [6, 6.07) is 14.3. The van der Waals surface area contributed by atoms with Crippen LogP contribution in [-0.2, 0) is 29.0 Å². The Bertz CT molecular complexity index is 1100. The van der Waals surface area contributed by atoms with Gasteiger partial charge in [-0.25, -0.2) is 4.79 Å². The minimum Gasteiger partial charge on any atom is -0.477 e. The van der Waals surface area contributed by atoms with E-state index in [-0.39, 0.29) is 19.5 Å². The van der Waals surface area contributed by atoms with E-state index >= 15 is 0 Å². The minimum atomic E-state index is -5.48. The molecule has 0 aromatic heterocycles. The van der Waals surface area contributed by atoms with E-state index in [2.05, 4.69) is 24.0 Å². The molecule has 2 aromatic carbocycles. The number of alkyl halides is 4. The highest BCUT2D eigenvalue weighted by Gasteiger charge is 2.68. The first-order valence-electron chi connectivity index (χ1n) is 11.7. The lowest BCUT2D eigenvalue weighted by atomic mass is 9.93. The molecule has 0 aliphatic carbocycles. The first-order chi connectivity index (χ1) is 16.5. The zero-order valence-corrected chi connectivity index (χ0v) is 19.4. The number of nitrogens with zero attached hydrogens (tertiary/aromatic N) is 2. The van der Waals surface area contributed by atoms with Crippen molar-refractivity contribution >= 4 is 11.9 Å². The predicted molar refractivity (Wildman–Crippen MR) is 123 cm³/mol. The molecule has 0 spiro atoms. The molecule has 1 atom stereocenters. The molecule has 2 aliphatic heterocycles. The molecule has 0 saturated carbocycles. The molecule has 0 unspecified atom stereocenters. The van der Waals surface area contributed by atoms with Crippen molar-refractivity contribution in [1.82, 2.24) is 9.80 Å². The van der Waals surface area contributed by atoms with Crippen molar-refractivity contribution in [2.24, 2.45) is 0 Å². The summed E-state index contributed by atoms with van der Waals surface area (Å²) in [5, 5.41) is 8.42. The number of aliphatic carboxylic acids is 1. The van der Waals surface area contributed by atoms with Crippen molar-refractivity contribution in [2.75, 3.05) is 19.6 Å². The first kappa shape index (κ1) is 25.2. The van der Waals surface area contributed by atoms with E-state index in [0.29, 0.717) is 16.5 Å². The van der Waals surface area contributed by atoms with Crippen molar-refractivity contribution in [2.45, 2.75) is 57.0 Å². The number of fused-ring (bicyclic) bond motifs is 1. The highest BCUT2D eigenvalue weighted by atomic mass is 19.3. The standard InChI is InChI=1S/C26H28F4N2O3/c1-17-3-2-12-31(17)13-10-18-4-6-19(7-5-18)20-8-9-22-16-32(14-11-21(22)15-20)23(33)25(27,28)26(29,30)24(34)35/h4-9,15,17H,2-3,10-14,16H2,1H3,(H,34,35)/t17-/m1/s1. The van der Waals surface area contributed by atoms with Crippen LogP contribution in [0.2, 0.25) is 0 Å². The number of benzene rings is 2. The third kappa shape index (κ3) is 4.91. The Balaban J connectivity index is 1.42. The van der Waals surface area contributed by atoms with Gasteiger partial charge in [0.2, 0.25) is 0 Å². The normalized spacial score (nSPS) is 19.0. The second kappa shape index (κ2) is 9.60. The molecule has 0 bridgehead atoms. The van der Waals surface area contributed by atoms with Gasteiger partial charge in [0.15, 0.2) is 0 Å². The zero-order valence-electron chi connectivity index (χ0n) is 19.4. The van der Waals surface area contributed by atoms with Gasteiger partial charge in [-0.1, -0.05) is 42.5 Å². The number of hydrogen-bond acceptors (Lipinski definition) is 3. The smallest absolute Gasteiger partial charge is 0.413 e. The summed E-state index contributed by atoms with van der Waals surface area (Å²) in [4.78, 5) is 25.7. The largest absolute Gasteiger partial charge is 0.477 e. The topological polar surface area (TPSA) is 60.9 Å². The number of carboxylic acid groups (broad SMARTS) is 1. The maximum atomic E-state index is 14.0.